The second-order valence-corrected chi connectivity index (χ2v) is 5.61. The Kier molecular flexibility index (Phi) is 3.67. The molecular formula is C18H18N2O2. The number of para-hydroxylation sites is 1. The quantitative estimate of drug-likeness (QED) is 0.538. The molecular weight excluding hydrogens is 276 g/mol. The summed E-state index contributed by atoms with van der Waals surface area (Å²) in [7, 11) is 2.02. The minimum Gasteiger partial charge on any atom is -0.343 e. The molecule has 1 unspecified atom stereocenters. The Morgan fingerprint density at radius 1 is 1.09 bits per heavy atom. The molecule has 3 aromatic rings. The largest absolute Gasteiger partial charge is 0.343 e. The van der Waals surface area contributed by atoms with E-state index in [4.69, 9.17) is 0 Å². The van der Waals surface area contributed by atoms with Crippen molar-refractivity contribution in [3.63, 3.8) is 0 Å². The Labute approximate surface area is 129 Å². The monoisotopic (exact) mass is 294 g/mol. The minimum absolute atomic E-state index is 0.212. The number of fused-ring (bicyclic) bond motifs is 1. The first-order chi connectivity index (χ1) is 10.6. The van der Waals surface area contributed by atoms with Crippen LogP contribution in [0.1, 0.15) is 12.5 Å². The van der Waals surface area contributed by atoms with Crippen molar-refractivity contribution < 1.29 is 4.92 Å². The Balaban J connectivity index is 2.25. The summed E-state index contributed by atoms with van der Waals surface area (Å²) in [6.07, 6.45) is 0.429. The summed E-state index contributed by atoms with van der Waals surface area (Å²) < 4.78 is 2.13. The first-order valence-corrected chi connectivity index (χ1v) is 7.34. The maximum atomic E-state index is 11.1. The molecule has 0 aliphatic rings. The van der Waals surface area contributed by atoms with Gasteiger partial charge in [0.05, 0.1) is 5.69 Å². The third-order valence-electron chi connectivity index (χ3n) is 4.12. The van der Waals surface area contributed by atoms with Crippen LogP contribution in [0.4, 0.5) is 0 Å². The predicted molar refractivity (Wildman–Crippen MR) is 88.5 cm³/mol. The van der Waals surface area contributed by atoms with E-state index < -0.39 is 6.04 Å². The van der Waals surface area contributed by atoms with Crippen molar-refractivity contribution >= 4 is 10.9 Å². The van der Waals surface area contributed by atoms with Gasteiger partial charge in [0.25, 0.3) is 0 Å². The van der Waals surface area contributed by atoms with Gasteiger partial charge in [0.1, 0.15) is 0 Å². The van der Waals surface area contributed by atoms with Crippen LogP contribution in [0.25, 0.3) is 22.2 Å². The second-order valence-electron chi connectivity index (χ2n) is 5.61. The van der Waals surface area contributed by atoms with E-state index >= 15 is 0 Å². The van der Waals surface area contributed by atoms with Crippen LogP contribution < -0.4 is 0 Å². The highest BCUT2D eigenvalue weighted by molar-refractivity contribution is 5.91. The number of benzene rings is 2. The summed E-state index contributed by atoms with van der Waals surface area (Å²) in [5.41, 5.74) is 4.31. The highest BCUT2D eigenvalue weighted by Crippen LogP contribution is 2.34. The normalized spacial score (nSPS) is 12.5. The SMILES string of the molecule is CC(Cc1c(-c2ccccc2)n(C)c2ccccc12)[N+](=O)[O-]. The van der Waals surface area contributed by atoms with Gasteiger partial charge in [0.2, 0.25) is 6.04 Å². The maximum Gasteiger partial charge on any atom is 0.214 e. The fourth-order valence-electron chi connectivity index (χ4n) is 3.01. The Bertz CT molecular complexity index is 822. The van der Waals surface area contributed by atoms with E-state index in [2.05, 4.69) is 22.8 Å². The molecule has 4 nitrogen and oxygen atoms in total. The minimum atomic E-state index is -0.603. The van der Waals surface area contributed by atoms with E-state index in [1.165, 1.54) is 0 Å². The van der Waals surface area contributed by atoms with E-state index in [-0.39, 0.29) is 4.92 Å². The molecule has 4 heteroatoms. The van der Waals surface area contributed by atoms with Crippen molar-refractivity contribution in [3.05, 3.63) is 70.3 Å². The number of aromatic nitrogens is 1. The maximum absolute atomic E-state index is 11.1. The van der Waals surface area contributed by atoms with Gasteiger partial charge in [-0.15, -0.1) is 0 Å². The molecule has 112 valence electrons. The molecule has 0 saturated carbocycles. The standard InChI is InChI=1S/C18H18N2O2/c1-13(20(21)22)12-16-15-10-6-7-11-17(15)19(2)18(16)14-8-4-3-5-9-14/h3-11,13H,12H2,1-2H3. The van der Waals surface area contributed by atoms with Gasteiger partial charge in [0, 0.05) is 36.2 Å². The van der Waals surface area contributed by atoms with Gasteiger partial charge >= 0.3 is 0 Å². The lowest BCUT2D eigenvalue weighted by Crippen LogP contribution is -2.18. The van der Waals surface area contributed by atoms with Crippen LogP contribution >= 0.6 is 0 Å². The van der Waals surface area contributed by atoms with Gasteiger partial charge in [-0.25, -0.2) is 0 Å². The molecule has 1 aromatic heterocycles. The summed E-state index contributed by atoms with van der Waals surface area (Å²) in [4.78, 5) is 10.9. The van der Waals surface area contributed by atoms with Crippen molar-refractivity contribution in [2.75, 3.05) is 0 Å². The van der Waals surface area contributed by atoms with E-state index in [0.717, 1.165) is 27.7 Å². The Hall–Kier alpha value is -2.62. The van der Waals surface area contributed by atoms with Gasteiger partial charge in [-0.1, -0.05) is 48.5 Å². The molecule has 0 saturated heterocycles. The lowest BCUT2D eigenvalue weighted by Gasteiger charge is -2.09. The highest BCUT2D eigenvalue weighted by Gasteiger charge is 2.22. The topological polar surface area (TPSA) is 48.1 Å². The molecule has 1 heterocycles. The van der Waals surface area contributed by atoms with Crippen LogP contribution in [0.2, 0.25) is 0 Å². The van der Waals surface area contributed by atoms with Crippen LogP contribution in [-0.2, 0) is 13.5 Å². The van der Waals surface area contributed by atoms with Crippen molar-refractivity contribution in [3.8, 4) is 11.3 Å². The van der Waals surface area contributed by atoms with Crippen LogP contribution in [0.5, 0.6) is 0 Å². The van der Waals surface area contributed by atoms with Gasteiger partial charge < -0.3 is 4.57 Å². The van der Waals surface area contributed by atoms with Gasteiger partial charge in [-0.05, 0) is 17.2 Å². The van der Waals surface area contributed by atoms with E-state index in [1.807, 2.05) is 43.4 Å². The van der Waals surface area contributed by atoms with Gasteiger partial charge in [0.15, 0.2) is 0 Å². The van der Waals surface area contributed by atoms with Crippen LogP contribution in [0.3, 0.4) is 0 Å². The number of hydrogen-bond donors (Lipinski definition) is 0. The highest BCUT2D eigenvalue weighted by atomic mass is 16.6. The van der Waals surface area contributed by atoms with Crippen molar-refractivity contribution in [2.45, 2.75) is 19.4 Å². The molecule has 0 aliphatic carbocycles. The fraction of sp³-hybridized carbons (Fsp3) is 0.222. The summed E-state index contributed by atoms with van der Waals surface area (Å²) in [5.74, 6) is 0. The molecule has 0 N–H and O–H groups in total. The zero-order valence-corrected chi connectivity index (χ0v) is 12.7. The Morgan fingerprint density at radius 2 is 1.73 bits per heavy atom. The van der Waals surface area contributed by atoms with Crippen LogP contribution in [-0.4, -0.2) is 15.5 Å². The summed E-state index contributed by atoms with van der Waals surface area (Å²) in [6, 6.07) is 17.5. The molecule has 1 atom stereocenters. The third-order valence-corrected chi connectivity index (χ3v) is 4.12. The van der Waals surface area contributed by atoms with Gasteiger partial charge in [-0.3, -0.25) is 10.1 Å². The average Bonchev–Trinajstić information content (AvgIpc) is 2.81. The first-order valence-electron chi connectivity index (χ1n) is 7.34. The van der Waals surface area contributed by atoms with Crippen molar-refractivity contribution in [1.29, 1.82) is 0 Å². The van der Waals surface area contributed by atoms with E-state index in [1.54, 1.807) is 6.92 Å². The van der Waals surface area contributed by atoms with Crippen LogP contribution in [0.15, 0.2) is 54.6 Å². The summed E-state index contributed by atoms with van der Waals surface area (Å²) in [6.45, 7) is 1.66. The smallest absolute Gasteiger partial charge is 0.214 e. The van der Waals surface area contributed by atoms with Crippen molar-refractivity contribution in [2.24, 2.45) is 7.05 Å². The molecule has 0 aliphatic heterocycles. The number of aryl methyl sites for hydroxylation is 1. The van der Waals surface area contributed by atoms with Crippen molar-refractivity contribution in [1.82, 2.24) is 4.57 Å². The van der Waals surface area contributed by atoms with Gasteiger partial charge in [-0.2, -0.15) is 0 Å². The zero-order chi connectivity index (χ0) is 15.7. The van der Waals surface area contributed by atoms with Crippen LogP contribution in [0, 0.1) is 10.1 Å². The molecule has 3 rings (SSSR count). The Morgan fingerprint density at radius 3 is 2.41 bits per heavy atom. The summed E-state index contributed by atoms with van der Waals surface area (Å²) in [5, 5.41) is 12.2. The first kappa shape index (κ1) is 14.3. The molecule has 0 fully saturated rings. The number of rotatable bonds is 4. The number of nitrogens with zero attached hydrogens (tertiary/aromatic N) is 2. The molecule has 0 spiro atoms. The third kappa shape index (κ3) is 2.37. The second kappa shape index (κ2) is 5.64. The molecule has 22 heavy (non-hydrogen) atoms. The molecule has 0 amide bonds. The molecule has 2 aromatic carbocycles. The molecule has 0 radical (unpaired) electrons. The zero-order valence-electron chi connectivity index (χ0n) is 12.7. The fourth-order valence-corrected chi connectivity index (χ4v) is 3.01. The van der Waals surface area contributed by atoms with E-state index in [0.29, 0.717) is 6.42 Å². The lowest BCUT2D eigenvalue weighted by molar-refractivity contribution is -0.517. The lowest BCUT2D eigenvalue weighted by atomic mass is 10.00. The summed E-state index contributed by atoms with van der Waals surface area (Å²) >= 11 is 0. The number of nitro groups is 1. The molecule has 0 bridgehead atoms. The predicted octanol–water partition coefficient (Wildman–Crippen LogP) is 4.05. The number of hydrogen-bond acceptors (Lipinski definition) is 2. The van der Waals surface area contributed by atoms with E-state index in [9.17, 15) is 10.1 Å². The average molecular weight is 294 g/mol.